The van der Waals surface area contributed by atoms with Gasteiger partial charge in [0.1, 0.15) is 10.6 Å². The van der Waals surface area contributed by atoms with Crippen molar-refractivity contribution in [2.24, 2.45) is 0 Å². The first-order valence-electron chi connectivity index (χ1n) is 8.27. The van der Waals surface area contributed by atoms with Crippen molar-refractivity contribution in [3.05, 3.63) is 62.3 Å². The van der Waals surface area contributed by atoms with Gasteiger partial charge in [0.15, 0.2) is 6.04 Å². The Morgan fingerprint density at radius 2 is 2.00 bits per heavy atom. The fourth-order valence-electron chi connectivity index (χ4n) is 3.25. The highest BCUT2D eigenvalue weighted by molar-refractivity contribution is 7.18. The zero-order valence-electron chi connectivity index (χ0n) is 13.9. The van der Waals surface area contributed by atoms with Gasteiger partial charge in [-0.3, -0.25) is 9.59 Å². The van der Waals surface area contributed by atoms with Gasteiger partial charge in [-0.1, -0.05) is 12.1 Å². The number of aromatic amines is 1. The summed E-state index contributed by atoms with van der Waals surface area (Å²) in [5, 5.41) is 12.2. The number of aliphatic carboxylic acids is 1. The molecule has 1 atom stereocenters. The minimum Gasteiger partial charge on any atom is -0.479 e. The second-order valence-corrected chi connectivity index (χ2v) is 7.33. The number of carbonyl (C=O) groups excluding carboxylic acids is 1. The quantitative estimate of drug-likeness (QED) is 0.635. The van der Waals surface area contributed by atoms with Crippen LogP contribution in [0.3, 0.4) is 0 Å². The monoisotopic (exact) mass is 387 g/mol. The van der Waals surface area contributed by atoms with Crippen molar-refractivity contribution in [3.8, 4) is 0 Å². The summed E-state index contributed by atoms with van der Waals surface area (Å²) >= 11 is 1.39. The number of nitrogens with one attached hydrogen (secondary N) is 2. The number of aromatic nitrogens is 2. The second-order valence-electron chi connectivity index (χ2n) is 6.25. The van der Waals surface area contributed by atoms with E-state index in [2.05, 4.69) is 15.3 Å². The van der Waals surface area contributed by atoms with Crippen LogP contribution in [0.2, 0.25) is 0 Å². The topological polar surface area (TPSA) is 112 Å². The van der Waals surface area contributed by atoms with Crippen molar-refractivity contribution >= 4 is 33.4 Å². The van der Waals surface area contributed by atoms with Crippen molar-refractivity contribution in [1.29, 1.82) is 0 Å². The molecule has 1 amide bonds. The summed E-state index contributed by atoms with van der Waals surface area (Å²) in [4.78, 5) is 44.7. The summed E-state index contributed by atoms with van der Waals surface area (Å²) in [7, 11) is 0. The standard InChI is InChI=1S/C18H14FN3O4S/c19-9-6-4-8(5-7-9)13(18(25)26)20-16(24)14-21-15(23)12-10-2-1-3-11(10)27-17(12)22-14/h4-7,13H,1-3H2,(H,20,24)(H,25,26)(H,21,22,23)/t13-/m1/s1. The fourth-order valence-corrected chi connectivity index (χ4v) is 4.51. The molecule has 1 aliphatic rings. The third kappa shape index (κ3) is 3.10. The van der Waals surface area contributed by atoms with Gasteiger partial charge < -0.3 is 15.4 Å². The number of thiophene rings is 1. The van der Waals surface area contributed by atoms with Gasteiger partial charge in [0, 0.05) is 4.88 Å². The SMILES string of the molecule is O=C(N[C@@H](C(=O)O)c1ccc(F)cc1)c1nc2sc3c(c2c(=O)[nH]1)CCC3. The van der Waals surface area contributed by atoms with E-state index in [-0.39, 0.29) is 11.4 Å². The molecule has 0 aliphatic heterocycles. The Labute approximate surface area is 155 Å². The van der Waals surface area contributed by atoms with Crippen LogP contribution in [0, 0.1) is 5.82 Å². The van der Waals surface area contributed by atoms with Gasteiger partial charge >= 0.3 is 5.97 Å². The smallest absolute Gasteiger partial charge is 0.330 e. The van der Waals surface area contributed by atoms with Crippen molar-refractivity contribution in [1.82, 2.24) is 15.3 Å². The highest BCUT2D eigenvalue weighted by Crippen LogP contribution is 2.34. The molecule has 2 heterocycles. The molecule has 2 aromatic heterocycles. The lowest BCUT2D eigenvalue weighted by Crippen LogP contribution is -2.35. The van der Waals surface area contributed by atoms with E-state index in [0.29, 0.717) is 10.2 Å². The molecule has 3 N–H and O–H groups in total. The van der Waals surface area contributed by atoms with Gasteiger partial charge in [-0.05, 0) is 42.5 Å². The van der Waals surface area contributed by atoms with E-state index < -0.39 is 29.3 Å². The molecule has 0 spiro atoms. The number of benzene rings is 1. The molecule has 0 saturated heterocycles. The average Bonchev–Trinajstić information content (AvgIpc) is 3.20. The first-order chi connectivity index (χ1) is 12.9. The maximum absolute atomic E-state index is 13.1. The molecule has 7 nitrogen and oxygen atoms in total. The molecular formula is C18H14FN3O4S. The number of H-pyrrole nitrogens is 1. The summed E-state index contributed by atoms with van der Waals surface area (Å²) in [5.74, 6) is -2.90. The molecule has 0 bridgehead atoms. The molecule has 0 saturated carbocycles. The Balaban J connectivity index is 1.66. The van der Waals surface area contributed by atoms with Gasteiger partial charge in [-0.25, -0.2) is 14.2 Å². The van der Waals surface area contributed by atoms with Crippen LogP contribution >= 0.6 is 11.3 Å². The molecule has 0 fully saturated rings. The van der Waals surface area contributed by atoms with Crippen LogP contribution in [0.25, 0.3) is 10.2 Å². The molecule has 0 unspecified atom stereocenters. The lowest BCUT2D eigenvalue weighted by atomic mass is 10.1. The van der Waals surface area contributed by atoms with E-state index >= 15 is 0 Å². The molecule has 3 aromatic rings. The minimum atomic E-state index is -1.40. The lowest BCUT2D eigenvalue weighted by molar-refractivity contribution is -0.139. The highest BCUT2D eigenvalue weighted by Gasteiger charge is 2.26. The number of amides is 1. The van der Waals surface area contributed by atoms with Gasteiger partial charge in [-0.2, -0.15) is 0 Å². The fraction of sp³-hybridized carbons (Fsp3) is 0.222. The number of nitrogens with zero attached hydrogens (tertiary/aromatic N) is 1. The van der Waals surface area contributed by atoms with Gasteiger partial charge in [0.05, 0.1) is 5.39 Å². The average molecular weight is 387 g/mol. The van der Waals surface area contributed by atoms with E-state index in [1.54, 1.807) is 0 Å². The number of carboxylic acid groups (broad SMARTS) is 1. The van der Waals surface area contributed by atoms with Crippen LogP contribution in [-0.4, -0.2) is 27.0 Å². The number of hydrogen-bond acceptors (Lipinski definition) is 5. The predicted octanol–water partition coefficient (Wildman–Crippen LogP) is 2.17. The van der Waals surface area contributed by atoms with E-state index in [0.717, 1.165) is 41.8 Å². The summed E-state index contributed by atoms with van der Waals surface area (Å²) in [6.07, 6.45) is 2.71. The van der Waals surface area contributed by atoms with Crippen molar-refractivity contribution in [2.75, 3.05) is 0 Å². The van der Waals surface area contributed by atoms with Crippen molar-refractivity contribution in [3.63, 3.8) is 0 Å². The number of carboxylic acids is 1. The maximum atomic E-state index is 13.1. The van der Waals surface area contributed by atoms with Gasteiger partial charge in [0.2, 0.25) is 5.82 Å². The number of halogens is 1. The lowest BCUT2D eigenvalue weighted by Gasteiger charge is -2.14. The second kappa shape index (κ2) is 6.58. The predicted molar refractivity (Wildman–Crippen MR) is 96.5 cm³/mol. The molecule has 4 rings (SSSR count). The van der Waals surface area contributed by atoms with E-state index in [1.807, 2.05) is 0 Å². The Morgan fingerprint density at radius 1 is 1.26 bits per heavy atom. The summed E-state index contributed by atoms with van der Waals surface area (Å²) in [5.41, 5.74) is 0.791. The van der Waals surface area contributed by atoms with E-state index in [9.17, 15) is 23.9 Å². The summed E-state index contributed by atoms with van der Waals surface area (Å²) in [6, 6.07) is 3.37. The molecule has 1 aromatic carbocycles. The van der Waals surface area contributed by atoms with E-state index in [1.165, 1.54) is 23.5 Å². The zero-order valence-corrected chi connectivity index (χ0v) is 14.7. The Hall–Kier alpha value is -3.07. The number of fused-ring (bicyclic) bond motifs is 3. The number of aryl methyl sites for hydroxylation is 2. The van der Waals surface area contributed by atoms with Crippen molar-refractivity contribution < 1.29 is 19.1 Å². The van der Waals surface area contributed by atoms with Gasteiger partial charge in [-0.15, -0.1) is 11.3 Å². The number of rotatable bonds is 4. The molecule has 138 valence electrons. The Bertz CT molecular complexity index is 1120. The molecular weight excluding hydrogens is 373 g/mol. The van der Waals surface area contributed by atoms with Crippen LogP contribution in [0.1, 0.15) is 39.1 Å². The minimum absolute atomic E-state index is 0.204. The highest BCUT2D eigenvalue weighted by atomic mass is 32.1. The third-order valence-corrected chi connectivity index (χ3v) is 5.70. The third-order valence-electron chi connectivity index (χ3n) is 4.52. The first-order valence-corrected chi connectivity index (χ1v) is 9.09. The van der Waals surface area contributed by atoms with Crippen LogP contribution in [0.4, 0.5) is 4.39 Å². The van der Waals surface area contributed by atoms with Crippen molar-refractivity contribution in [2.45, 2.75) is 25.3 Å². The number of carbonyl (C=O) groups is 2. The van der Waals surface area contributed by atoms with Crippen LogP contribution in [-0.2, 0) is 17.6 Å². The molecule has 27 heavy (non-hydrogen) atoms. The van der Waals surface area contributed by atoms with Crippen LogP contribution in [0.5, 0.6) is 0 Å². The van der Waals surface area contributed by atoms with E-state index in [4.69, 9.17) is 0 Å². The first kappa shape index (κ1) is 17.3. The Kier molecular flexibility index (Phi) is 4.23. The normalized spacial score (nSPS) is 14.1. The van der Waals surface area contributed by atoms with Crippen LogP contribution in [0.15, 0.2) is 29.1 Å². The summed E-state index contributed by atoms with van der Waals surface area (Å²) in [6.45, 7) is 0. The Morgan fingerprint density at radius 3 is 2.70 bits per heavy atom. The molecule has 1 aliphatic carbocycles. The van der Waals surface area contributed by atoms with Crippen LogP contribution < -0.4 is 10.9 Å². The zero-order chi connectivity index (χ0) is 19.1. The molecule has 9 heteroatoms. The summed E-state index contributed by atoms with van der Waals surface area (Å²) < 4.78 is 13.1. The molecule has 0 radical (unpaired) electrons. The maximum Gasteiger partial charge on any atom is 0.330 e. The van der Waals surface area contributed by atoms with Gasteiger partial charge in [0.25, 0.3) is 11.5 Å². The largest absolute Gasteiger partial charge is 0.479 e. The number of hydrogen-bond donors (Lipinski definition) is 3.